The summed E-state index contributed by atoms with van der Waals surface area (Å²) in [6, 6.07) is 7.93. The number of benzene rings is 1. The smallest absolute Gasteiger partial charge is 0.111 e. The Morgan fingerprint density at radius 3 is 2.00 bits per heavy atom. The van der Waals surface area contributed by atoms with Crippen LogP contribution in [0.4, 0.5) is 0 Å². The highest BCUT2D eigenvalue weighted by Gasteiger charge is 2.31. The van der Waals surface area contributed by atoms with E-state index in [9.17, 15) is 20.4 Å². The first-order chi connectivity index (χ1) is 12.9. The lowest BCUT2D eigenvalue weighted by atomic mass is 10.0. The number of hydrogen-bond acceptors (Lipinski definition) is 7. The van der Waals surface area contributed by atoms with E-state index >= 15 is 0 Å². The van der Waals surface area contributed by atoms with Gasteiger partial charge >= 0.3 is 0 Å². The van der Waals surface area contributed by atoms with E-state index in [-0.39, 0.29) is 19.0 Å². The van der Waals surface area contributed by atoms with Gasteiger partial charge in [0.1, 0.15) is 18.3 Å². The van der Waals surface area contributed by atoms with Crippen LogP contribution in [-0.4, -0.2) is 74.5 Å². The number of aliphatic hydroxyl groups is 5. The Morgan fingerprint density at radius 1 is 0.893 bits per heavy atom. The SMILES string of the molecule is CCCCCCN(Cc1ccc(CN)cc1)CC(O)C(O)C(O)C(O)CO.Cl. The quantitative estimate of drug-likeness (QED) is 0.240. The third kappa shape index (κ3) is 9.62. The summed E-state index contributed by atoms with van der Waals surface area (Å²) in [4.78, 5) is 2.03. The molecule has 0 aromatic heterocycles. The summed E-state index contributed by atoms with van der Waals surface area (Å²) in [6.45, 7) is 3.45. The molecular formula is C20H37ClN2O5. The van der Waals surface area contributed by atoms with Crippen molar-refractivity contribution in [2.75, 3.05) is 19.7 Å². The molecule has 1 rings (SSSR count). The summed E-state index contributed by atoms with van der Waals surface area (Å²) < 4.78 is 0. The molecule has 0 bridgehead atoms. The molecule has 0 fully saturated rings. The average Bonchev–Trinajstić information content (AvgIpc) is 2.69. The van der Waals surface area contributed by atoms with Crippen molar-refractivity contribution in [3.63, 3.8) is 0 Å². The normalized spacial score (nSPS) is 15.7. The molecule has 164 valence electrons. The Labute approximate surface area is 174 Å². The van der Waals surface area contributed by atoms with E-state index in [1.807, 2.05) is 29.2 Å². The average molecular weight is 421 g/mol. The third-order valence-electron chi connectivity index (χ3n) is 4.76. The number of unbranched alkanes of at least 4 members (excludes halogenated alkanes) is 3. The van der Waals surface area contributed by atoms with Crippen LogP contribution in [-0.2, 0) is 13.1 Å². The Bertz CT molecular complexity index is 506. The molecule has 0 aliphatic carbocycles. The van der Waals surface area contributed by atoms with E-state index in [1.54, 1.807) is 0 Å². The maximum absolute atomic E-state index is 10.3. The van der Waals surface area contributed by atoms with Gasteiger partial charge in [-0.25, -0.2) is 0 Å². The highest BCUT2D eigenvalue weighted by Crippen LogP contribution is 2.13. The van der Waals surface area contributed by atoms with E-state index < -0.39 is 31.0 Å². The fraction of sp³-hybridized carbons (Fsp3) is 0.700. The van der Waals surface area contributed by atoms with Gasteiger partial charge < -0.3 is 31.3 Å². The van der Waals surface area contributed by atoms with Crippen LogP contribution in [0.15, 0.2) is 24.3 Å². The number of aliphatic hydroxyl groups excluding tert-OH is 5. The molecule has 0 amide bonds. The van der Waals surface area contributed by atoms with Gasteiger partial charge in [-0.15, -0.1) is 12.4 Å². The zero-order valence-corrected chi connectivity index (χ0v) is 17.5. The molecule has 4 atom stereocenters. The maximum Gasteiger partial charge on any atom is 0.111 e. The summed E-state index contributed by atoms with van der Waals surface area (Å²) in [6.07, 6.45) is -1.53. The first-order valence-corrected chi connectivity index (χ1v) is 9.76. The van der Waals surface area contributed by atoms with Gasteiger partial charge in [0, 0.05) is 19.6 Å². The Morgan fingerprint density at radius 2 is 1.46 bits per heavy atom. The second-order valence-corrected chi connectivity index (χ2v) is 7.11. The molecule has 0 saturated carbocycles. The van der Waals surface area contributed by atoms with Crippen LogP contribution in [0.5, 0.6) is 0 Å². The highest BCUT2D eigenvalue weighted by atomic mass is 35.5. The van der Waals surface area contributed by atoms with E-state index in [0.717, 1.165) is 43.4 Å². The molecule has 1 aromatic carbocycles. The lowest BCUT2D eigenvalue weighted by Crippen LogP contribution is -2.49. The van der Waals surface area contributed by atoms with Gasteiger partial charge in [0.2, 0.25) is 0 Å². The van der Waals surface area contributed by atoms with Crippen LogP contribution < -0.4 is 5.73 Å². The number of hydrogen-bond donors (Lipinski definition) is 6. The second-order valence-electron chi connectivity index (χ2n) is 7.11. The molecule has 4 unspecified atom stereocenters. The van der Waals surface area contributed by atoms with E-state index in [4.69, 9.17) is 10.8 Å². The predicted molar refractivity (Wildman–Crippen MR) is 112 cm³/mol. The summed E-state index contributed by atoms with van der Waals surface area (Å²) in [7, 11) is 0. The fourth-order valence-corrected chi connectivity index (χ4v) is 2.97. The van der Waals surface area contributed by atoms with Gasteiger partial charge in [0.05, 0.1) is 12.7 Å². The van der Waals surface area contributed by atoms with E-state index in [2.05, 4.69) is 6.92 Å². The van der Waals surface area contributed by atoms with Crippen LogP contribution in [0.2, 0.25) is 0 Å². The molecule has 7 nitrogen and oxygen atoms in total. The summed E-state index contributed by atoms with van der Waals surface area (Å²) >= 11 is 0. The minimum atomic E-state index is -1.60. The van der Waals surface area contributed by atoms with Gasteiger partial charge in [0.25, 0.3) is 0 Å². The van der Waals surface area contributed by atoms with Crippen LogP contribution >= 0.6 is 12.4 Å². The van der Waals surface area contributed by atoms with Gasteiger partial charge in [-0.2, -0.15) is 0 Å². The number of nitrogens with zero attached hydrogens (tertiary/aromatic N) is 1. The second kappa shape index (κ2) is 15.1. The fourth-order valence-electron chi connectivity index (χ4n) is 2.97. The van der Waals surface area contributed by atoms with Crippen molar-refractivity contribution in [1.29, 1.82) is 0 Å². The largest absolute Gasteiger partial charge is 0.394 e. The standard InChI is InChI=1S/C20H36N2O5.ClH/c1-2-3-4-5-10-22(12-16-8-6-15(11-21)7-9-16)13-17(24)19(26)20(27)18(25)14-23;/h6-9,17-20,23-27H,2-5,10-14,21H2,1H3;1H. The summed E-state index contributed by atoms with van der Waals surface area (Å²) in [5.74, 6) is 0. The molecule has 7 N–H and O–H groups in total. The van der Waals surface area contributed by atoms with Crippen molar-refractivity contribution < 1.29 is 25.5 Å². The lowest BCUT2D eigenvalue weighted by Gasteiger charge is -2.30. The number of nitrogens with two attached hydrogens (primary N) is 1. The molecular weight excluding hydrogens is 384 g/mol. The van der Waals surface area contributed by atoms with Crippen molar-refractivity contribution in [3.05, 3.63) is 35.4 Å². The molecule has 0 heterocycles. The predicted octanol–water partition coefficient (Wildman–Crippen LogP) is 0.385. The van der Waals surface area contributed by atoms with Crippen molar-refractivity contribution in [2.45, 2.75) is 70.1 Å². The first-order valence-electron chi connectivity index (χ1n) is 9.76. The zero-order valence-electron chi connectivity index (χ0n) is 16.7. The van der Waals surface area contributed by atoms with Crippen LogP contribution in [0.3, 0.4) is 0 Å². The Hall–Kier alpha value is -0.770. The lowest BCUT2D eigenvalue weighted by molar-refractivity contribution is -0.119. The molecule has 28 heavy (non-hydrogen) atoms. The Balaban J connectivity index is 0.00000729. The molecule has 0 spiro atoms. The van der Waals surface area contributed by atoms with Gasteiger partial charge in [-0.05, 0) is 24.1 Å². The number of halogens is 1. The summed E-state index contributed by atoms with van der Waals surface area (Å²) in [5, 5.41) is 48.6. The minimum Gasteiger partial charge on any atom is -0.394 e. The molecule has 8 heteroatoms. The molecule has 0 saturated heterocycles. The van der Waals surface area contributed by atoms with Crippen molar-refractivity contribution >= 4 is 12.4 Å². The van der Waals surface area contributed by atoms with Crippen molar-refractivity contribution in [2.24, 2.45) is 5.73 Å². The molecule has 1 aromatic rings. The maximum atomic E-state index is 10.3. The summed E-state index contributed by atoms with van der Waals surface area (Å²) in [5.41, 5.74) is 7.74. The molecule has 0 aliphatic heterocycles. The van der Waals surface area contributed by atoms with E-state index in [1.165, 1.54) is 0 Å². The minimum absolute atomic E-state index is 0. The highest BCUT2D eigenvalue weighted by molar-refractivity contribution is 5.85. The molecule has 0 aliphatic rings. The third-order valence-corrected chi connectivity index (χ3v) is 4.76. The van der Waals surface area contributed by atoms with E-state index in [0.29, 0.717) is 13.1 Å². The Kier molecular flexibility index (Phi) is 14.7. The van der Waals surface area contributed by atoms with Crippen molar-refractivity contribution in [3.8, 4) is 0 Å². The monoisotopic (exact) mass is 420 g/mol. The van der Waals surface area contributed by atoms with Gasteiger partial charge in [-0.1, -0.05) is 50.5 Å². The zero-order chi connectivity index (χ0) is 20.2. The van der Waals surface area contributed by atoms with Gasteiger partial charge in [0.15, 0.2) is 0 Å². The number of rotatable bonds is 14. The van der Waals surface area contributed by atoms with Crippen molar-refractivity contribution in [1.82, 2.24) is 4.90 Å². The topological polar surface area (TPSA) is 130 Å². The first kappa shape index (κ1) is 27.2. The van der Waals surface area contributed by atoms with Crippen LogP contribution in [0.1, 0.15) is 43.7 Å². The van der Waals surface area contributed by atoms with Gasteiger partial charge in [-0.3, -0.25) is 4.90 Å². The van der Waals surface area contributed by atoms with Crippen LogP contribution in [0.25, 0.3) is 0 Å². The molecule has 0 radical (unpaired) electrons. The van der Waals surface area contributed by atoms with Crippen LogP contribution in [0, 0.1) is 0 Å².